The van der Waals surface area contributed by atoms with Crippen molar-refractivity contribution in [2.75, 3.05) is 18.1 Å². The fraction of sp³-hybridized carbons (Fsp3) is 0.429. The van der Waals surface area contributed by atoms with E-state index in [9.17, 15) is 13.2 Å². The normalized spacial score (nSPS) is 19.8. The molecular formula is C14H16ClN3O3S2. The lowest BCUT2D eigenvalue weighted by molar-refractivity contribution is -0.120. The van der Waals surface area contributed by atoms with Crippen LogP contribution in [0.2, 0.25) is 5.02 Å². The number of rotatable bonds is 3. The summed E-state index contributed by atoms with van der Waals surface area (Å²) in [7, 11) is -3.41. The van der Waals surface area contributed by atoms with Crippen LogP contribution < -0.4 is 5.32 Å². The van der Waals surface area contributed by atoms with E-state index in [4.69, 9.17) is 11.6 Å². The van der Waals surface area contributed by atoms with Gasteiger partial charge in [0.15, 0.2) is 5.13 Å². The summed E-state index contributed by atoms with van der Waals surface area (Å²) in [6.45, 7) is 0.378. The SMILES string of the molecule is CS(=O)(=O)N1CCCCC1C(=O)Nc1nc2c(Cl)cccc2s1. The van der Waals surface area contributed by atoms with Crippen molar-refractivity contribution in [3.63, 3.8) is 0 Å². The van der Waals surface area contributed by atoms with Crippen LogP contribution >= 0.6 is 22.9 Å². The van der Waals surface area contributed by atoms with Crippen LogP contribution in [-0.4, -0.2) is 42.5 Å². The number of halogens is 1. The van der Waals surface area contributed by atoms with Gasteiger partial charge in [-0.3, -0.25) is 4.79 Å². The molecule has 2 aromatic rings. The first-order valence-corrected chi connectivity index (χ1v) is 10.2. The Morgan fingerprint density at radius 2 is 2.22 bits per heavy atom. The van der Waals surface area contributed by atoms with Crippen molar-refractivity contribution < 1.29 is 13.2 Å². The number of aromatic nitrogens is 1. The minimum Gasteiger partial charge on any atom is -0.301 e. The monoisotopic (exact) mass is 373 g/mol. The second-order valence-electron chi connectivity index (χ2n) is 5.48. The number of benzene rings is 1. The van der Waals surface area contributed by atoms with Crippen LogP contribution in [-0.2, 0) is 14.8 Å². The maximum atomic E-state index is 12.5. The number of sulfonamides is 1. The van der Waals surface area contributed by atoms with Gasteiger partial charge < -0.3 is 5.32 Å². The van der Waals surface area contributed by atoms with Crippen LogP contribution in [0.5, 0.6) is 0 Å². The fourth-order valence-electron chi connectivity index (χ4n) is 2.72. The highest BCUT2D eigenvalue weighted by Gasteiger charge is 2.34. The second-order valence-corrected chi connectivity index (χ2v) is 8.85. The van der Waals surface area contributed by atoms with Crippen LogP contribution in [0.4, 0.5) is 5.13 Å². The number of anilines is 1. The first-order chi connectivity index (χ1) is 10.9. The molecule has 0 saturated carbocycles. The van der Waals surface area contributed by atoms with Gasteiger partial charge in [0.25, 0.3) is 0 Å². The van der Waals surface area contributed by atoms with Gasteiger partial charge in [0, 0.05) is 6.54 Å². The van der Waals surface area contributed by atoms with Crippen molar-refractivity contribution in [3.8, 4) is 0 Å². The first kappa shape index (κ1) is 16.6. The Kier molecular flexibility index (Phi) is 4.59. The molecule has 2 heterocycles. The number of thiazole rings is 1. The zero-order valence-corrected chi connectivity index (χ0v) is 14.8. The van der Waals surface area contributed by atoms with E-state index >= 15 is 0 Å². The van der Waals surface area contributed by atoms with Gasteiger partial charge in [-0.2, -0.15) is 4.31 Å². The highest BCUT2D eigenvalue weighted by atomic mass is 35.5. The van der Waals surface area contributed by atoms with Crippen molar-refractivity contribution in [1.82, 2.24) is 9.29 Å². The molecule has 1 N–H and O–H groups in total. The first-order valence-electron chi connectivity index (χ1n) is 7.19. The van der Waals surface area contributed by atoms with Gasteiger partial charge in [0.2, 0.25) is 15.9 Å². The van der Waals surface area contributed by atoms with Gasteiger partial charge in [0.05, 0.1) is 16.0 Å². The van der Waals surface area contributed by atoms with E-state index in [1.807, 2.05) is 12.1 Å². The zero-order valence-electron chi connectivity index (χ0n) is 12.5. The largest absolute Gasteiger partial charge is 0.301 e. The molecule has 0 aliphatic carbocycles. The molecule has 6 nitrogen and oxygen atoms in total. The number of para-hydroxylation sites is 1. The van der Waals surface area contributed by atoms with Crippen molar-refractivity contribution in [2.45, 2.75) is 25.3 Å². The van der Waals surface area contributed by atoms with Crippen molar-refractivity contribution in [1.29, 1.82) is 0 Å². The summed E-state index contributed by atoms with van der Waals surface area (Å²) in [5.74, 6) is -0.342. The lowest BCUT2D eigenvalue weighted by Gasteiger charge is -2.32. The van der Waals surface area contributed by atoms with E-state index in [0.29, 0.717) is 28.6 Å². The Morgan fingerprint density at radius 1 is 1.43 bits per heavy atom. The molecule has 1 unspecified atom stereocenters. The smallest absolute Gasteiger partial charge is 0.244 e. The summed E-state index contributed by atoms with van der Waals surface area (Å²) >= 11 is 7.40. The second kappa shape index (κ2) is 6.35. The van der Waals surface area contributed by atoms with Gasteiger partial charge >= 0.3 is 0 Å². The number of nitrogens with one attached hydrogen (secondary N) is 1. The number of hydrogen-bond donors (Lipinski definition) is 1. The Morgan fingerprint density at radius 3 is 2.91 bits per heavy atom. The molecular weight excluding hydrogens is 358 g/mol. The quantitative estimate of drug-likeness (QED) is 0.897. The Hall–Kier alpha value is -1.22. The van der Waals surface area contributed by atoms with Gasteiger partial charge in [-0.1, -0.05) is 35.4 Å². The molecule has 1 aliphatic rings. The number of piperidine rings is 1. The molecule has 1 amide bonds. The molecule has 124 valence electrons. The van der Waals surface area contributed by atoms with Crippen molar-refractivity contribution in [2.24, 2.45) is 0 Å². The molecule has 1 aromatic heterocycles. The van der Waals surface area contributed by atoms with E-state index in [1.165, 1.54) is 15.6 Å². The van der Waals surface area contributed by atoms with E-state index < -0.39 is 16.1 Å². The number of nitrogens with zero attached hydrogens (tertiary/aromatic N) is 2. The Labute approximate surface area is 143 Å². The number of amides is 1. The zero-order chi connectivity index (χ0) is 16.6. The molecule has 1 fully saturated rings. The molecule has 0 bridgehead atoms. The fourth-order valence-corrected chi connectivity index (χ4v) is 5.01. The van der Waals surface area contributed by atoms with Crippen molar-refractivity contribution in [3.05, 3.63) is 23.2 Å². The predicted octanol–water partition coefficient (Wildman–Crippen LogP) is 2.70. The molecule has 1 atom stereocenters. The van der Waals surface area contributed by atoms with Crippen LogP contribution in [0, 0.1) is 0 Å². The summed E-state index contributed by atoms with van der Waals surface area (Å²) in [6.07, 6.45) is 3.25. The third-order valence-electron chi connectivity index (χ3n) is 3.78. The predicted molar refractivity (Wildman–Crippen MR) is 92.4 cm³/mol. The van der Waals surface area contributed by atoms with Gasteiger partial charge in [-0.15, -0.1) is 0 Å². The Bertz CT molecular complexity index is 850. The summed E-state index contributed by atoms with van der Waals surface area (Å²) in [4.78, 5) is 16.8. The minimum absolute atomic E-state index is 0.342. The number of hydrogen-bond acceptors (Lipinski definition) is 5. The van der Waals surface area contributed by atoms with Gasteiger partial charge in [-0.25, -0.2) is 13.4 Å². The van der Waals surface area contributed by atoms with E-state index in [0.717, 1.165) is 23.8 Å². The standard InChI is InChI=1S/C14H16ClN3O3S2/c1-23(20,21)18-8-3-2-6-10(18)13(19)17-14-16-12-9(15)5-4-7-11(12)22-14/h4-5,7,10H,2-3,6,8H2,1H3,(H,16,17,19). The third kappa shape index (κ3) is 3.50. The molecule has 1 aliphatic heterocycles. The molecule has 1 aromatic carbocycles. The minimum atomic E-state index is -3.41. The molecule has 9 heteroatoms. The lowest BCUT2D eigenvalue weighted by atomic mass is 10.0. The molecule has 0 radical (unpaired) electrons. The topological polar surface area (TPSA) is 79.4 Å². The molecule has 1 saturated heterocycles. The highest BCUT2D eigenvalue weighted by Crippen LogP contribution is 2.31. The summed E-state index contributed by atoms with van der Waals surface area (Å²) < 4.78 is 25.9. The molecule has 3 rings (SSSR count). The number of carbonyl (C=O) groups is 1. The van der Waals surface area contributed by atoms with Crippen LogP contribution in [0.3, 0.4) is 0 Å². The maximum Gasteiger partial charge on any atom is 0.244 e. The third-order valence-corrected chi connectivity index (χ3v) is 6.31. The van der Waals surface area contributed by atoms with Crippen LogP contribution in [0.1, 0.15) is 19.3 Å². The maximum absolute atomic E-state index is 12.5. The van der Waals surface area contributed by atoms with E-state index in [-0.39, 0.29) is 5.91 Å². The summed E-state index contributed by atoms with van der Waals surface area (Å²) in [6, 6.07) is 4.75. The molecule has 0 spiro atoms. The molecule has 23 heavy (non-hydrogen) atoms. The van der Waals surface area contributed by atoms with Crippen molar-refractivity contribution >= 4 is 54.2 Å². The van der Waals surface area contributed by atoms with Crippen LogP contribution in [0.25, 0.3) is 10.2 Å². The summed E-state index contributed by atoms with van der Waals surface area (Å²) in [5.41, 5.74) is 0.637. The highest BCUT2D eigenvalue weighted by molar-refractivity contribution is 7.88. The summed E-state index contributed by atoms with van der Waals surface area (Å²) in [5, 5.41) is 3.68. The average Bonchev–Trinajstić information content (AvgIpc) is 2.90. The Balaban J connectivity index is 1.83. The average molecular weight is 374 g/mol. The lowest BCUT2D eigenvalue weighted by Crippen LogP contribution is -2.49. The van der Waals surface area contributed by atoms with E-state index in [1.54, 1.807) is 6.07 Å². The number of fused-ring (bicyclic) bond motifs is 1. The van der Waals surface area contributed by atoms with E-state index in [2.05, 4.69) is 10.3 Å². The van der Waals surface area contributed by atoms with Gasteiger partial charge in [0.1, 0.15) is 11.6 Å². The number of carbonyl (C=O) groups excluding carboxylic acids is 1. The van der Waals surface area contributed by atoms with Gasteiger partial charge in [-0.05, 0) is 25.0 Å². The van der Waals surface area contributed by atoms with Crippen LogP contribution in [0.15, 0.2) is 18.2 Å².